The summed E-state index contributed by atoms with van der Waals surface area (Å²) in [7, 11) is -3.43. The average molecular weight is 365 g/mol. The second kappa shape index (κ2) is 9.44. The molecule has 1 aromatic carbocycles. The lowest BCUT2D eigenvalue weighted by molar-refractivity contribution is 0.110. The summed E-state index contributed by atoms with van der Waals surface area (Å²) in [5.74, 6) is 0.638. The maximum atomic E-state index is 12.5. The van der Waals surface area contributed by atoms with E-state index >= 15 is 0 Å². The predicted molar refractivity (Wildman–Crippen MR) is 91.6 cm³/mol. The fourth-order valence-corrected chi connectivity index (χ4v) is 3.81. The minimum absolute atomic E-state index is 0. The predicted octanol–water partition coefficient (Wildman–Crippen LogP) is 1.64. The van der Waals surface area contributed by atoms with Gasteiger partial charge in [-0.1, -0.05) is 0 Å². The summed E-state index contributed by atoms with van der Waals surface area (Å²) in [4.78, 5) is 0.292. The topological polar surface area (TPSA) is 81.9 Å². The third-order valence-corrected chi connectivity index (χ3v) is 5.57. The van der Waals surface area contributed by atoms with Crippen LogP contribution < -0.4 is 10.5 Å². The summed E-state index contributed by atoms with van der Waals surface area (Å²) in [6.07, 6.45) is 1.41. The molecular formula is C15H25ClN2O4S. The van der Waals surface area contributed by atoms with Gasteiger partial charge in [0.25, 0.3) is 0 Å². The lowest BCUT2D eigenvalue weighted by Crippen LogP contribution is -2.42. The van der Waals surface area contributed by atoms with Crippen LogP contribution in [0.15, 0.2) is 29.2 Å². The molecule has 132 valence electrons. The van der Waals surface area contributed by atoms with E-state index in [9.17, 15) is 8.42 Å². The molecule has 1 aliphatic heterocycles. The van der Waals surface area contributed by atoms with Gasteiger partial charge in [0.05, 0.1) is 11.5 Å². The molecular weight excluding hydrogens is 340 g/mol. The number of nitrogens with two attached hydrogens (primary N) is 1. The highest BCUT2D eigenvalue weighted by atomic mass is 35.5. The molecule has 1 aromatic rings. The van der Waals surface area contributed by atoms with Gasteiger partial charge < -0.3 is 15.2 Å². The van der Waals surface area contributed by atoms with Crippen LogP contribution in [0.25, 0.3) is 0 Å². The van der Waals surface area contributed by atoms with Gasteiger partial charge in [-0.3, -0.25) is 0 Å². The Labute approximate surface area is 144 Å². The van der Waals surface area contributed by atoms with Gasteiger partial charge in [0.1, 0.15) is 12.4 Å². The van der Waals surface area contributed by atoms with E-state index in [4.69, 9.17) is 15.2 Å². The SMILES string of the molecule is CCOCCOc1ccc(S(=O)(=O)N2CCC(N)CC2)cc1.Cl. The molecule has 0 aliphatic carbocycles. The van der Waals surface area contributed by atoms with Crippen molar-refractivity contribution in [3.63, 3.8) is 0 Å². The van der Waals surface area contributed by atoms with E-state index < -0.39 is 10.0 Å². The first-order valence-electron chi connectivity index (χ1n) is 7.60. The van der Waals surface area contributed by atoms with Crippen LogP contribution in [0, 0.1) is 0 Å². The standard InChI is InChI=1S/C15H24N2O4S.ClH/c1-2-20-11-12-21-14-3-5-15(6-4-14)22(18,19)17-9-7-13(16)8-10-17;/h3-6,13H,2,7-12,16H2,1H3;1H. The first-order chi connectivity index (χ1) is 10.5. The molecule has 0 amide bonds. The van der Waals surface area contributed by atoms with Gasteiger partial charge >= 0.3 is 0 Å². The van der Waals surface area contributed by atoms with Crippen LogP contribution in [0.3, 0.4) is 0 Å². The van der Waals surface area contributed by atoms with Crippen LogP contribution in [-0.2, 0) is 14.8 Å². The number of halogens is 1. The van der Waals surface area contributed by atoms with Crippen molar-refractivity contribution in [1.29, 1.82) is 0 Å². The average Bonchev–Trinajstić information content (AvgIpc) is 2.52. The summed E-state index contributed by atoms with van der Waals surface area (Å²) in [5.41, 5.74) is 5.82. The monoisotopic (exact) mass is 364 g/mol. The number of ether oxygens (including phenoxy) is 2. The van der Waals surface area contributed by atoms with Crippen molar-refractivity contribution in [1.82, 2.24) is 4.31 Å². The number of sulfonamides is 1. The molecule has 1 saturated heterocycles. The smallest absolute Gasteiger partial charge is 0.243 e. The molecule has 0 saturated carbocycles. The van der Waals surface area contributed by atoms with Gasteiger partial charge in [-0.05, 0) is 44.0 Å². The van der Waals surface area contributed by atoms with Crippen molar-refractivity contribution in [3.8, 4) is 5.75 Å². The Bertz CT molecular complexity index is 557. The molecule has 0 aromatic heterocycles. The van der Waals surface area contributed by atoms with Crippen LogP contribution in [0.1, 0.15) is 19.8 Å². The van der Waals surface area contributed by atoms with E-state index in [2.05, 4.69) is 0 Å². The van der Waals surface area contributed by atoms with Crippen LogP contribution in [-0.4, -0.2) is 51.7 Å². The van der Waals surface area contributed by atoms with Crippen LogP contribution in [0.4, 0.5) is 0 Å². The molecule has 1 heterocycles. The van der Waals surface area contributed by atoms with Crippen molar-refractivity contribution in [2.75, 3.05) is 32.9 Å². The van der Waals surface area contributed by atoms with Crippen molar-refractivity contribution in [3.05, 3.63) is 24.3 Å². The Kier molecular flexibility index (Phi) is 8.28. The second-order valence-electron chi connectivity index (χ2n) is 5.26. The van der Waals surface area contributed by atoms with E-state index in [1.165, 1.54) is 4.31 Å². The highest BCUT2D eigenvalue weighted by molar-refractivity contribution is 7.89. The molecule has 0 bridgehead atoms. The van der Waals surface area contributed by atoms with Gasteiger partial charge in [0.2, 0.25) is 10.0 Å². The third kappa shape index (κ3) is 5.61. The maximum Gasteiger partial charge on any atom is 0.243 e. The molecule has 1 aliphatic rings. The summed E-state index contributed by atoms with van der Waals surface area (Å²) >= 11 is 0. The minimum Gasteiger partial charge on any atom is -0.491 e. The fraction of sp³-hybridized carbons (Fsp3) is 0.600. The molecule has 2 N–H and O–H groups in total. The quantitative estimate of drug-likeness (QED) is 0.744. The summed E-state index contributed by atoms with van der Waals surface area (Å²) < 4.78 is 37.2. The second-order valence-corrected chi connectivity index (χ2v) is 7.20. The number of piperidine rings is 1. The molecule has 23 heavy (non-hydrogen) atoms. The van der Waals surface area contributed by atoms with Crippen molar-refractivity contribution < 1.29 is 17.9 Å². The first kappa shape index (κ1) is 20.2. The van der Waals surface area contributed by atoms with Crippen LogP contribution in [0.2, 0.25) is 0 Å². The van der Waals surface area contributed by atoms with Gasteiger partial charge in [-0.2, -0.15) is 4.31 Å². The summed E-state index contributed by atoms with van der Waals surface area (Å²) in [6.45, 7) is 4.51. The van der Waals surface area contributed by atoms with E-state index in [0.29, 0.717) is 56.4 Å². The molecule has 6 nitrogen and oxygen atoms in total. The van der Waals surface area contributed by atoms with Gasteiger partial charge in [0.15, 0.2) is 0 Å². The lowest BCUT2D eigenvalue weighted by atomic mass is 10.1. The van der Waals surface area contributed by atoms with Crippen molar-refractivity contribution >= 4 is 22.4 Å². The number of nitrogens with zero attached hydrogens (tertiary/aromatic N) is 1. The van der Waals surface area contributed by atoms with E-state index in [1.54, 1.807) is 24.3 Å². The molecule has 1 fully saturated rings. The molecule has 2 rings (SSSR count). The molecule has 0 spiro atoms. The normalized spacial score (nSPS) is 16.8. The lowest BCUT2D eigenvalue weighted by Gasteiger charge is -2.29. The van der Waals surface area contributed by atoms with Crippen molar-refractivity contribution in [2.45, 2.75) is 30.7 Å². The Hall–Kier alpha value is -0.860. The van der Waals surface area contributed by atoms with Gasteiger partial charge in [0, 0.05) is 25.7 Å². The molecule has 0 atom stereocenters. The molecule has 0 unspecified atom stereocenters. The zero-order valence-electron chi connectivity index (χ0n) is 13.3. The van der Waals surface area contributed by atoms with Crippen LogP contribution in [0.5, 0.6) is 5.75 Å². The van der Waals surface area contributed by atoms with E-state index in [1.807, 2.05) is 6.92 Å². The number of hydrogen-bond donors (Lipinski definition) is 1. The zero-order valence-corrected chi connectivity index (χ0v) is 14.9. The number of hydrogen-bond acceptors (Lipinski definition) is 5. The van der Waals surface area contributed by atoms with E-state index in [-0.39, 0.29) is 18.4 Å². The molecule has 8 heteroatoms. The highest BCUT2D eigenvalue weighted by Crippen LogP contribution is 2.22. The minimum atomic E-state index is -3.43. The van der Waals surface area contributed by atoms with E-state index in [0.717, 1.165) is 0 Å². The highest BCUT2D eigenvalue weighted by Gasteiger charge is 2.28. The van der Waals surface area contributed by atoms with Crippen LogP contribution >= 0.6 is 12.4 Å². The Balaban J connectivity index is 0.00000264. The Morgan fingerprint density at radius 1 is 1.17 bits per heavy atom. The molecule has 0 radical (unpaired) electrons. The summed E-state index contributed by atoms with van der Waals surface area (Å²) in [6, 6.07) is 6.62. The summed E-state index contributed by atoms with van der Waals surface area (Å²) in [5, 5.41) is 0. The Morgan fingerprint density at radius 2 is 1.78 bits per heavy atom. The first-order valence-corrected chi connectivity index (χ1v) is 9.04. The van der Waals surface area contributed by atoms with Gasteiger partial charge in [-0.15, -0.1) is 12.4 Å². The zero-order chi connectivity index (χ0) is 16.0. The third-order valence-electron chi connectivity index (χ3n) is 3.66. The number of benzene rings is 1. The Morgan fingerprint density at radius 3 is 2.35 bits per heavy atom. The number of rotatable bonds is 7. The van der Waals surface area contributed by atoms with Gasteiger partial charge in [-0.25, -0.2) is 8.42 Å². The van der Waals surface area contributed by atoms with Crippen molar-refractivity contribution in [2.24, 2.45) is 5.73 Å². The fourth-order valence-electron chi connectivity index (χ4n) is 2.34. The largest absolute Gasteiger partial charge is 0.491 e. The maximum absolute atomic E-state index is 12.5.